The van der Waals surface area contributed by atoms with Crippen LogP contribution in [0.5, 0.6) is 0 Å². The van der Waals surface area contributed by atoms with Crippen molar-refractivity contribution in [2.45, 2.75) is 77.0 Å². The maximum atomic E-state index is 13.2. The lowest BCUT2D eigenvalue weighted by molar-refractivity contribution is -0.128. The quantitative estimate of drug-likeness (QED) is 0.571. The van der Waals surface area contributed by atoms with E-state index in [1.54, 1.807) is 24.3 Å². The van der Waals surface area contributed by atoms with Crippen molar-refractivity contribution in [3.05, 3.63) is 24.3 Å². The Morgan fingerprint density at radius 2 is 0.889 bits per heavy atom. The fourth-order valence-electron chi connectivity index (χ4n) is 6.04. The van der Waals surface area contributed by atoms with E-state index in [0.717, 1.165) is 0 Å². The molecule has 4 aliphatic heterocycles. The number of hydrogen-bond acceptors (Lipinski definition) is 8. The Bertz CT molecular complexity index is 958. The molecule has 0 N–H and O–H groups in total. The Balaban J connectivity index is 1.30. The van der Waals surface area contributed by atoms with Crippen molar-refractivity contribution >= 4 is 35.0 Å². The third-order valence-electron chi connectivity index (χ3n) is 7.39. The van der Waals surface area contributed by atoms with Crippen molar-refractivity contribution in [1.82, 2.24) is 9.80 Å². The number of carbonyl (C=O) groups is 4. The lowest BCUT2D eigenvalue weighted by atomic mass is 10.1. The molecular weight excluding hydrogens is 464 g/mol. The van der Waals surface area contributed by atoms with Gasteiger partial charge in [0.05, 0.1) is 60.7 Å². The van der Waals surface area contributed by atoms with Gasteiger partial charge in [0, 0.05) is 26.2 Å². The molecular formula is C26H34N4O6. The monoisotopic (exact) mass is 498 g/mol. The van der Waals surface area contributed by atoms with Gasteiger partial charge in [-0.1, -0.05) is 0 Å². The normalized spacial score (nSPS) is 34.8. The van der Waals surface area contributed by atoms with E-state index in [1.165, 1.54) is 9.80 Å². The Morgan fingerprint density at radius 3 is 1.19 bits per heavy atom. The van der Waals surface area contributed by atoms with Gasteiger partial charge in [-0.3, -0.25) is 29.0 Å². The molecule has 4 fully saturated rings. The average Bonchev–Trinajstić information content (AvgIpc) is 3.27. The van der Waals surface area contributed by atoms with Gasteiger partial charge in [0.15, 0.2) is 0 Å². The lowest BCUT2D eigenvalue weighted by Gasteiger charge is -2.37. The van der Waals surface area contributed by atoms with Gasteiger partial charge in [0.25, 0.3) is 11.8 Å². The van der Waals surface area contributed by atoms with Crippen molar-refractivity contribution in [2.24, 2.45) is 0 Å². The molecule has 0 aromatic heterocycles. The topological polar surface area (TPSA) is 99.7 Å². The minimum absolute atomic E-state index is 0.00627. The van der Waals surface area contributed by atoms with Crippen LogP contribution in [0.1, 0.15) is 40.5 Å². The van der Waals surface area contributed by atoms with E-state index in [9.17, 15) is 19.2 Å². The predicted octanol–water partition coefficient (Wildman–Crippen LogP) is 1.17. The van der Waals surface area contributed by atoms with Crippen LogP contribution in [-0.4, -0.2) is 96.1 Å². The summed E-state index contributed by atoms with van der Waals surface area (Å²) in [5.41, 5.74) is 0.883. The number of carbonyl (C=O) groups excluding carboxylic acids is 4. The molecule has 0 bridgehead atoms. The van der Waals surface area contributed by atoms with Crippen LogP contribution in [0.25, 0.3) is 0 Å². The van der Waals surface area contributed by atoms with Gasteiger partial charge in [-0.05, 0) is 52.0 Å². The number of hydrogen-bond donors (Lipinski definition) is 0. The summed E-state index contributed by atoms with van der Waals surface area (Å²) in [6.45, 7) is 10.3. The molecule has 36 heavy (non-hydrogen) atoms. The largest absolute Gasteiger partial charge is 0.373 e. The summed E-state index contributed by atoms with van der Waals surface area (Å²) in [6, 6.07) is 5.50. The molecule has 4 amide bonds. The minimum atomic E-state index is -0.508. The SMILES string of the molecule is C[C@@H]1CN([C@@H]2CC(=O)N(c3ccc(N4C(=O)C[C@H](N5C[C@H](C)O[C@@H](C)C5)C4=O)cc3)C2=O)C[C@@H](C)O1. The molecule has 0 spiro atoms. The second-order valence-electron chi connectivity index (χ2n) is 10.5. The summed E-state index contributed by atoms with van der Waals surface area (Å²) in [4.78, 5) is 58.6. The molecule has 4 heterocycles. The number of imide groups is 2. The summed E-state index contributed by atoms with van der Waals surface area (Å²) >= 11 is 0. The van der Waals surface area contributed by atoms with E-state index < -0.39 is 12.1 Å². The number of benzene rings is 1. The zero-order chi connectivity index (χ0) is 25.7. The van der Waals surface area contributed by atoms with Crippen molar-refractivity contribution in [3.8, 4) is 0 Å². The third kappa shape index (κ3) is 4.58. The zero-order valence-corrected chi connectivity index (χ0v) is 21.3. The second-order valence-corrected chi connectivity index (χ2v) is 10.5. The average molecular weight is 499 g/mol. The highest BCUT2D eigenvalue weighted by molar-refractivity contribution is 6.24. The number of nitrogens with zero attached hydrogens (tertiary/aromatic N) is 4. The van der Waals surface area contributed by atoms with Gasteiger partial charge < -0.3 is 9.47 Å². The van der Waals surface area contributed by atoms with Crippen LogP contribution in [0.4, 0.5) is 11.4 Å². The molecule has 1 aromatic carbocycles. The Hall–Kier alpha value is -2.66. The highest BCUT2D eigenvalue weighted by atomic mass is 16.5. The van der Waals surface area contributed by atoms with E-state index in [0.29, 0.717) is 37.6 Å². The van der Waals surface area contributed by atoms with Crippen LogP contribution >= 0.6 is 0 Å². The molecule has 0 unspecified atom stereocenters. The van der Waals surface area contributed by atoms with Crippen LogP contribution in [-0.2, 0) is 28.7 Å². The minimum Gasteiger partial charge on any atom is -0.373 e. The summed E-state index contributed by atoms with van der Waals surface area (Å²) in [6.07, 6.45) is 0.227. The molecule has 5 rings (SSSR count). The maximum Gasteiger partial charge on any atom is 0.251 e. The number of morpholine rings is 2. The van der Waals surface area contributed by atoms with Gasteiger partial charge in [0.1, 0.15) is 0 Å². The van der Waals surface area contributed by atoms with E-state index in [2.05, 4.69) is 0 Å². The van der Waals surface area contributed by atoms with Gasteiger partial charge in [-0.25, -0.2) is 9.80 Å². The Morgan fingerprint density at radius 1 is 0.583 bits per heavy atom. The fraction of sp³-hybridized carbons (Fsp3) is 0.615. The van der Waals surface area contributed by atoms with E-state index in [4.69, 9.17) is 9.47 Å². The molecule has 0 radical (unpaired) electrons. The van der Waals surface area contributed by atoms with E-state index in [-0.39, 0.29) is 60.9 Å². The summed E-state index contributed by atoms with van der Waals surface area (Å²) in [5.74, 6) is -1.02. The van der Waals surface area contributed by atoms with Crippen LogP contribution < -0.4 is 9.80 Å². The molecule has 1 aromatic rings. The molecule has 10 heteroatoms. The van der Waals surface area contributed by atoms with Crippen LogP contribution in [0.15, 0.2) is 24.3 Å². The molecule has 10 nitrogen and oxygen atoms in total. The summed E-state index contributed by atoms with van der Waals surface area (Å²) < 4.78 is 11.5. The van der Waals surface area contributed by atoms with Crippen LogP contribution in [0.3, 0.4) is 0 Å². The molecule has 0 saturated carbocycles. The first-order chi connectivity index (χ1) is 17.1. The first-order valence-electron chi connectivity index (χ1n) is 12.7. The van der Waals surface area contributed by atoms with Crippen LogP contribution in [0.2, 0.25) is 0 Å². The smallest absolute Gasteiger partial charge is 0.251 e. The summed E-state index contributed by atoms with van der Waals surface area (Å²) in [5, 5.41) is 0. The molecule has 0 aliphatic carbocycles. The lowest BCUT2D eigenvalue weighted by Crippen LogP contribution is -2.52. The molecule has 6 atom stereocenters. The van der Waals surface area contributed by atoms with Gasteiger partial charge in [0.2, 0.25) is 11.8 Å². The summed E-state index contributed by atoms with van der Waals surface area (Å²) in [7, 11) is 0. The standard InChI is InChI=1S/C26H34N4O6/c1-15-11-27(12-16(2)35-15)21-9-23(31)29(25(21)33)19-5-7-20(8-6-19)30-24(32)10-22(26(30)34)28-13-17(3)36-18(4)14-28/h5-8,15-18,21-22H,9-14H2,1-4H3/t15-,16-,17+,18+,21-,22+. The van der Waals surface area contributed by atoms with Gasteiger partial charge in [-0.15, -0.1) is 0 Å². The number of anilines is 2. The highest BCUT2D eigenvalue weighted by Gasteiger charge is 2.46. The first kappa shape index (κ1) is 25.0. The van der Waals surface area contributed by atoms with E-state index in [1.807, 2.05) is 37.5 Å². The number of ether oxygens (including phenoxy) is 2. The van der Waals surface area contributed by atoms with Crippen molar-refractivity contribution in [3.63, 3.8) is 0 Å². The van der Waals surface area contributed by atoms with E-state index >= 15 is 0 Å². The first-order valence-corrected chi connectivity index (χ1v) is 12.7. The van der Waals surface area contributed by atoms with Gasteiger partial charge in [-0.2, -0.15) is 0 Å². The fourth-order valence-corrected chi connectivity index (χ4v) is 6.04. The van der Waals surface area contributed by atoms with Crippen molar-refractivity contribution in [2.75, 3.05) is 36.0 Å². The predicted molar refractivity (Wildman–Crippen MR) is 131 cm³/mol. The maximum absolute atomic E-state index is 13.2. The second kappa shape index (κ2) is 9.66. The third-order valence-corrected chi connectivity index (χ3v) is 7.39. The number of rotatable bonds is 4. The van der Waals surface area contributed by atoms with Crippen molar-refractivity contribution < 1.29 is 28.7 Å². The molecule has 194 valence electrons. The van der Waals surface area contributed by atoms with Crippen LogP contribution in [0, 0.1) is 0 Å². The Kier molecular flexibility index (Phi) is 6.71. The van der Waals surface area contributed by atoms with Gasteiger partial charge >= 0.3 is 0 Å². The molecule has 4 aliphatic rings. The number of amides is 4. The highest BCUT2D eigenvalue weighted by Crippen LogP contribution is 2.32. The molecule has 4 saturated heterocycles. The van der Waals surface area contributed by atoms with Crippen molar-refractivity contribution in [1.29, 1.82) is 0 Å². The Labute approximate surface area is 211 Å². The zero-order valence-electron chi connectivity index (χ0n) is 21.3.